The second-order valence-corrected chi connectivity index (χ2v) is 10.8. The summed E-state index contributed by atoms with van der Waals surface area (Å²) in [6.45, 7) is 4.51. The molecule has 7 nitrogen and oxygen atoms in total. The van der Waals surface area contributed by atoms with Crippen molar-refractivity contribution in [2.45, 2.75) is 51.5 Å². The van der Waals surface area contributed by atoms with Crippen molar-refractivity contribution in [3.63, 3.8) is 0 Å². The van der Waals surface area contributed by atoms with Gasteiger partial charge < -0.3 is 10.2 Å². The van der Waals surface area contributed by atoms with Crippen LogP contribution in [0.15, 0.2) is 6.20 Å². The second-order valence-electron chi connectivity index (χ2n) is 8.52. The summed E-state index contributed by atoms with van der Waals surface area (Å²) >= 11 is 0. The number of amides is 1. The summed E-state index contributed by atoms with van der Waals surface area (Å²) in [5.41, 5.74) is 1.22. The summed E-state index contributed by atoms with van der Waals surface area (Å²) in [6, 6.07) is 0.442. The predicted molar refractivity (Wildman–Crippen MR) is 104 cm³/mol. The van der Waals surface area contributed by atoms with E-state index in [9.17, 15) is 13.2 Å². The SMILES string of the molecule is CC(C)c1nc(N[C@@H]2C[C@@H]3CC[C@H]2C3)ncc1C(=O)N1CCS(=O)(=O)CC1. The topological polar surface area (TPSA) is 92.3 Å². The Bertz CT molecular complexity index is 825. The molecule has 0 spiro atoms. The number of aromatic nitrogens is 2. The Balaban J connectivity index is 1.51. The summed E-state index contributed by atoms with van der Waals surface area (Å²) in [5.74, 6) is 2.14. The van der Waals surface area contributed by atoms with E-state index < -0.39 is 9.84 Å². The summed E-state index contributed by atoms with van der Waals surface area (Å²) in [5, 5.41) is 3.50. The molecule has 27 heavy (non-hydrogen) atoms. The van der Waals surface area contributed by atoms with E-state index in [1.54, 1.807) is 11.1 Å². The normalized spacial score (nSPS) is 29.3. The van der Waals surface area contributed by atoms with Crippen LogP contribution in [0.25, 0.3) is 0 Å². The fourth-order valence-corrected chi connectivity index (χ4v) is 5.94. The highest BCUT2D eigenvalue weighted by Crippen LogP contribution is 2.45. The van der Waals surface area contributed by atoms with Crippen molar-refractivity contribution in [2.75, 3.05) is 29.9 Å². The molecule has 1 N–H and O–H groups in total. The molecule has 148 valence electrons. The minimum Gasteiger partial charge on any atom is -0.351 e. The Hall–Kier alpha value is -1.70. The molecule has 2 saturated carbocycles. The van der Waals surface area contributed by atoms with Gasteiger partial charge in [0.2, 0.25) is 5.95 Å². The van der Waals surface area contributed by atoms with Gasteiger partial charge in [0.1, 0.15) is 0 Å². The Labute approximate surface area is 160 Å². The van der Waals surface area contributed by atoms with Crippen LogP contribution >= 0.6 is 0 Å². The van der Waals surface area contributed by atoms with Crippen LogP contribution in [0.4, 0.5) is 5.95 Å². The predicted octanol–water partition coefficient (Wildman–Crippen LogP) is 2.07. The molecule has 2 heterocycles. The third kappa shape index (κ3) is 3.81. The van der Waals surface area contributed by atoms with E-state index in [-0.39, 0.29) is 36.4 Å². The number of hydrogen-bond donors (Lipinski definition) is 1. The van der Waals surface area contributed by atoms with E-state index in [4.69, 9.17) is 0 Å². The summed E-state index contributed by atoms with van der Waals surface area (Å²) in [4.78, 5) is 23.6. The van der Waals surface area contributed by atoms with Crippen molar-refractivity contribution < 1.29 is 13.2 Å². The maximum atomic E-state index is 12.9. The van der Waals surface area contributed by atoms with Gasteiger partial charge in [-0.25, -0.2) is 18.4 Å². The highest BCUT2D eigenvalue weighted by atomic mass is 32.2. The lowest BCUT2D eigenvalue weighted by atomic mass is 9.95. The smallest absolute Gasteiger partial charge is 0.257 e. The fraction of sp³-hybridized carbons (Fsp3) is 0.737. The van der Waals surface area contributed by atoms with Gasteiger partial charge in [0.05, 0.1) is 22.8 Å². The lowest BCUT2D eigenvalue weighted by Gasteiger charge is -2.28. The molecule has 1 aliphatic heterocycles. The molecule has 0 unspecified atom stereocenters. The van der Waals surface area contributed by atoms with Gasteiger partial charge in [0.25, 0.3) is 5.91 Å². The molecule has 0 aromatic carbocycles. The van der Waals surface area contributed by atoms with Gasteiger partial charge in [-0.2, -0.15) is 0 Å². The van der Waals surface area contributed by atoms with Crippen molar-refractivity contribution in [1.29, 1.82) is 0 Å². The number of anilines is 1. The quantitative estimate of drug-likeness (QED) is 0.843. The first-order chi connectivity index (χ1) is 12.8. The molecule has 8 heteroatoms. The minimum absolute atomic E-state index is 0.0283. The second kappa shape index (κ2) is 7.04. The first-order valence-corrected chi connectivity index (χ1v) is 11.8. The molecule has 3 aliphatic rings. The van der Waals surface area contributed by atoms with E-state index in [1.165, 1.54) is 25.7 Å². The Morgan fingerprint density at radius 3 is 2.56 bits per heavy atom. The fourth-order valence-electron chi connectivity index (χ4n) is 4.74. The van der Waals surface area contributed by atoms with E-state index in [2.05, 4.69) is 15.3 Å². The van der Waals surface area contributed by atoms with E-state index in [1.807, 2.05) is 13.8 Å². The molecule has 2 bridgehead atoms. The van der Waals surface area contributed by atoms with Gasteiger partial charge in [0, 0.05) is 25.3 Å². The van der Waals surface area contributed by atoms with Crippen molar-refractivity contribution in [2.24, 2.45) is 11.8 Å². The highest BCUT2D eigenvalue weighted by molar-refractivity contribution is 7.91. The molecule has 3 atom stereocenters. The number of nitrogens with one attached hydrogen (secondary N) is 1. The van der Waals surface area contributed by atoms with Crippen molar-refractivity contribution in [3.05, 3.63) is 17.5 Å². The van der Waals surface area contributed by atoms with Crippen molar-refractivity contribution in [1.82, 2.24) is 14.9 Å². The maximum absolute atomic E-state index is 12.9. The zero-order valence-electron chi connectivity index (χ0n) is 16.0. The van der Waals surface area contributed by atoms with Crippen molar-refractivity contribution >= 4 is 21.7 Å². The number of hydrogen-bond acceptors (Lipinski definition) is 6. The van der Waals surface area contributed by atoms with Crippen LogP contribution in [-0.2, 0) is 9.84 Å². The van der Waals surface area contributed by atoms with Crippen molar-refractivity contribution in [3.8, 4) is 0 Å². The molecule has 1 aromatic rings. The standard InChI is InChI=1S/C19H28N4O3S/c1-12(2)17-15(18(24)23-5-7-27(25,26)8-6-23)11-20-19(22-17)21-16-10-13-3-4-14(16)9-13/h11-14,16H,3-10H2,1-2H3,(H,20,21,22)/t13-,14+,16-/m1/s1. The number of sulfone groups is 1. The number of fused-ring (bicyclic) bond motifs is 2. The monoisotopic (exact) mass is 392 g/mol. The van der Waals surface area contributed by atoms with Crippen LogP contribution in [0.5, 0.6) is 0 Å². The highest BCUT2D eigenvalue weighted by Gasteiger charge is 2.40. The molecule has 4 rings (SSSR count). The lowest BCUT2D eigenvalue weighted by Crippen LogP contribution is -2.44. The van der Waals surface area contributed by atoms with E-state index in [0.717, 1.165) is 17.5 Å². The average molecular weight is 393 g/mol. The van der Waals surface area contributed by atoms with Gasteiger partial charge in [-0.15, -0.1) is 0 Å². The zero-order chi connectivity index (χ0) is 19.2. The molecule has 3 fully saturated rings. The largest absolute Gasteiger partial charge is 0.351 e. The Morgan fingerprint density at radius 1 is 1.22 bits per heavy atom. The number of carbonyl (C=O) groups excluding carboxylic acids is 1. The van der Waals surface area contributed by atoms with Crippen LogP contribution < -0.4 is 5.32 Å². The van der Waals surface area contributed by atoms with Crippen LogP contribution in [0, 0.1) is 11.8 Å². The van der Waals surface area contributed by atoms with Gasteiger partial charge in [-0.1, -0.05) is 20.3 Å². The summed E-state index contributed by atoms with van der Waals surface area (Å²) in [7, 11) is -3.02. The summed E-state index contributed by atoms with van der Waals surface area (Å²) < 4.78 is 23.2. The minimum atomic E-state index is -3.02. The zero-order valence-corrected chi connectivity index (χ0v) is 16.8. The molecule has 1 saturated heterocycles. The number of carbonyl (C=O) groups is 1. The number of rotatable bonds is 4. The van der Waals surface area contributed by atoms with Crippen LogP contribution in [0.3, 0.4) is 0 Å². The van der Waals surface area contributed by atoms with Crippen LogP contribution in [0.2, 0.25) is 0 Å². The molecular weight excluding hydrogens is 364 g/mol. The Kier molecular flexibility index (Phi) is 4.86. The number of nitrogens with zero attached hydrogens (tertiary/aromatic N) is 3. The molecule has 1 aromatic heterocycles. The third-order valence-corrected chi connectivity index (χ3v) is 7.89. The van der Waals surface area contributed by atoms with Gasteiger partial charge in [0.15, 0.2) is 9.84 Å². The Morgan fingerprint density at radius 2 is 1.96 bits per heavy atom. The average Bonchev–Trinajstić information content (AvgIpc) is 3.24. The summed E-state index contributed by atoms with van der Waals surface area (Å²) in [6.07, 6.45) is 6.74. The van der Waals surface area contributed by atoms with Gasteiger partial charge >= 0.3 is 0 Å². The molecular formula is C19H28N4O3S. The lowest BCUT2D eigenvalue weighted by molar-refractivity contribution is 0.0767. The van der Waals surface area contributed by atoms with E-state index >= 15 is 0 Å². The maximum Gasteiger partial charge on any atom is 0.257 e. The molecule has 2 aliphatic carbocycles. The first-order valence-electron chi connectivity index (χ1n) is 9.95. The van der Waals surface area contributed by atoms with Gasteiger partial charge in [-0.3, -0.25) is 4.79 Å². The first kappa shape index (κ1) is 18.7. The third-order valence-electron chi connectivity index (χ3n) is 6.28. The molecule has 0 radical (unpaired) electrons. The van der Waals surface area contributed by atoms with Crippen LogP contribution in [-0.4, -0.2) is 59.8 Å². The molecule has 1 amide bonds. The van der Waals surface area contributed by atoms with Crippen LogP contribution in [0.1, 0.15) is 61.5 Å². The van der Waals surface area contributed by atoms with E-state index in [0.29, 0.717) is 17.6 Å². The van der Waals surface area contributed by atoms with Gasteiger partial charge in [-0.05, 0) is 37.0 Å².